The van der Waals surface area contributed by atoms with Crippen LogP contribution in [0.4, 0.5) is 0 Å². The second-order valence-corrected chi connectivity index (χ2v) is 6.41. The van der Waals surface area contributed by atoms with Crippen LogP contribution < -0.4 is 4.74 Å². The topological polar surface area (TPSA) is 84.6 Å². The zero-order valence-corrected chi connectivity index (χ0v) is 15.6. The fourth-order valence-corrected chi connectivity index (χ4v) is 3.00. The lowest BCUT2D eigenvalue weighted by Crippen LogP contribution is -2.04. The van der Waals surface area contributed by atoms with Gasteiger partial charge in [-0.05, 0) is 42.3 Å². The number of rotatable bonds is 8. The first-order valence-electron chi connectivity index (χ1n) is 9.03. The van der Waals surface area contributed by atoms with Crippen molar-refractivity contribution in [1.29, 1.82) is 0 Å². The summed E-state index contributed by atoms with van der Waals surface area (Å²) in [5.41, 5.74) is 2.76. The summed E-state index contributed by atoms with van der Waals surface area (Å²) >= 11 is 0. The third kappa shape index (κ3) is 4.90. The van der Waals surface area contributed by atoms with Gasteiger partial charge in [0.05, 0.1) is 31.0 Å². The SMILES string of the molecule is CC#C[C@@H](CC(=O)O)c1ccc(OCc2ccc3nn(CCO)cc3c2)cc1. The van der Waals surface area contributed by atoms with E-state index in [1.165, 1.54) is 0 Å². The molecule has 0 radical (unpaired) electrons. The molecule has 2 aromatic carbocycles. The highest BCUT2D eigenvalue weighted by molar-refractivity contribution is 5.78. The van der Waals surface area contributed by atoms with Crippen molar-refractivity contribution in [1.82, 2.24) is 9.78 Å². The maximum atomic E-state index is 11.0. The van der Waals surface area contributed by atoms with Gasteiger partial charge in [0.1, 0.15) is 12.4 Å². The van der Waals surface area contributed by atoms with Gasteiger partial charge in [0.2, 0.25) is 0 Å². The maximum Gasteiger partial charge on any atom is 0.304 e. The van der Waals surface area contributed by atoms with Gasteiger partial charge in [-0.25, -0.2) is 0 Å². The zero-order valence-electron chi connectivity index (χ0n) is 15.6. The third-order valence-electron chi connectivity index (χ3n) is 4.33. The third-order valence-corrected chi connectivity index (χ3v) is 4.33. The predicted molar refractivity (Wildman–Crippen MR) is 106 cm³/mol. The molecule has 28 heavy (non-hydrogen) atoms. The van der Waals surface area contributed by atoms with E-state index in [1.54, 1.807) is 11.6 Å². The summed E-state index contributed by atoms with van der Waals surface area (Å²) in [5.74, 6) is 5.24. The Labute approximate surface area is 163 Å². The average molecular weight is 378 g/mol. The number of fused-ring (bicyclic) bond motifs is 1. The Morgan fingerprint density at radius 3 is 2.71 bits per heavy atom. The lowest BCUT2D eigenvalue weighted by Gasteiger charge is -2.11. The van der Waals surface area contributed by atoms with Crippen LogP contribution in [0.15, 0.2) is 48.7 Å². The monoisotopic (exact) mass is 378 g/mol. The minimum atomic E-state index is -0.870. The number of carboxylic acid groups (broad SMARTS) is 1. The van der Waals surface area contributed by atoms with E-state index < -0.39 is 5.97 Å². The van der Waals surface area contributed by atoms with Crippen molar-refractivity contribution in [3.8, 4) is 17.6 Å². The van der Waals surface area contributed by atoms with Crippen molar-refractivity contribution in [2.24, 2.45) is 0 Å². The van der Waals surface area contributed by atoms with Gasteiger partial charge in [-0.1, -0.05) is 24.1 Å². The fourth-order valence-electron chi connectivity index (χ4n) is 3.00. The summed E-state index contributed by atoms with van der Waals surface area (Å²) < 4.78 is 7.57. The standard InChI is InChI=1S/C22H22N2O4/c1-2-3-18(13-22(26)27)17-5-7-20(8-6-17)28-15-16-4-9-21-19(12-16)14-24(23-21)10-11-25/h4-9,12,14,18,25H,10-11,13,15H2,1H3,(H,26,27)/t18-/m0/s1. The lowest BCUT2D eigenvalue weighted by atomic mass is 9.96. The molecule has 0 amide bonds. The Morgan fingerprint density at radius 1 is 1.25 bits per heavy atom. The number of benzene rings is 2. The van der Waals surface area contributed by atoms with Gasteiger partial charge in [-0.3, -0.25) is 9.48 Å². The zero-order chi connectivity index (χ0) is 19.9. The van der Waals surface area contributed by atoms with E-state index in [2.05, 4.69) is 16.9 Å². The van der Waals surface area contributed by atoms with Gasteiger partial charge >= 0.3 is 5.97 Å². The highest BCUT2D eigenvalue weighted by Crippen LogP contribution is 2.23. The molecule has 0 saturated carbocycles. The molecular weight excluding hydrogens is 356 g/mol. The van der Waals surface area contributed by atoms with E-state index in [0.717, 1.165) is 22.0 Å². The first-order valence-corrected chi connectivity index (χ1v) is 9.03. The van der Waals surface area contributed by atoms with Gasteiger partial charge in [0.25, 0.3) is 0 Å². The van der Waals surface area contributed by atoms with Crippen LogP contribution in [-0.2, 0) is 17.9 Å². The molecule has 0 fully saturated rings. The largest absolute Gasteiger partial charge is 0.489 e. The number of carboxylic acids is 1. The van der Waals surface area contributed by atoms with Crippen LogP contribution in [0.25, 0.3) is 10.9 Å². The van der Waals surface area contributed by atoms with Crippen molar-refractivity contribution in [3.63, 3.8) is 0 Å². The van der Waals surface area contributed by atoms with E-state index in [1.807, 2.05) is 48.7 Å². The second kappa shape index (κ2) is 9.07. The number of hydrogen-bond donors (Lipinski definition) is 2. The van der Waals surface area contributed by atoms with E-state index in [9.17, 15) is 4.79 Å². The highest BCUT2D eigenvalue weighted by atomic mass is 16.5. The summed E-state index contributed by atoms with van der Waals surface area (Å²) in [6.07, 6.45) is 1.88. The molecule has 3 aromatic rings. The van der Waals surface area contributed by atoms with Gasteiger partial charge in [0, 0.05) is 11.6 Å². The summed E-state index contributed by atoms with van der Waals surface area (Å²) in [7, 11) is 0. The number of nitrogens with zero attached hydrogens (tertiary/aromatic N) is 2. The van der Waals surface area contributed by atoms with Gasteiger partial charge in [-0.15, -0.1) is 5.92 Å². The Balaban J connectivity index is 1.66. The van der Waals surface area contributed by atoms with Crippen LogP contribution in [0.1, 0.15) is 30.4 Å². The Bertz CT molecular complexity index is 1010. The van der Waals surface area contributed by atoms with Gasteiger partial charge in [-0.2, -0.15) is 5.10 Å². The van der Waals surface area contributed by atoms with Crippen LogP contribution in [0.5, 0.6) is 5.75 Å². The molecule has 3 rings (SSSR count). The van der Waals surface area contributed by atoms with Crippen LogP contribution in [-0.4, -0.2) is 32.6 Å². The van der Waals surface area contributed by atoms with Gasteiger partial charge < -0.3 is 14.9 Å². The van der Waals surface area contributed by atoms with Crippen molar-refractivity contribution < 1.29 is 19.7 Å². The molecule has 0 aliphatic carbocycles. The average Bonchev–Trinajstić information content (AvgIpc) is 3.08. The normalized spacial score (nSPS) is 11.6. The molecule has 6 nitrogen and oxygen atoms in total. The highest BCUT2D eigenvalue weighted by Gasteiger charge is 2.13. The van der Waals surface area contributed by atoms with Crippen molar-refractivity contribution in [2.45, 2.75) is 32.4 Å². The fraction of sp³-hybridized carbons (Fsp3) is 0.273. The summed E-state index contributed by atoms with van der Waals surface area (Å²) in [6.45, 7) is 2.64. The molecule has 2 N–H and O–H groups in total. The van der Waals surface area contributed by atoms with Gasteiger partial charge in [0.15, 0.2) is 0 Å². The van der Waals surface area contributed by atoms with E-state index in [4.69, 9.17) is 14.9 Å². The summed E-state index contributed by atoms with van der Waals surface area (Å²) in [4.78, 5) is 11.0. The number of ether oxygens (including phenoxy) is 1. The smallest absolute Gasteiger partial charge is 0.304 e. The maximum absolute atomic E-state index is 11.0. The van der Waals surface area contributed by atoms with Crippen LogP contribution in [0.3, 0.4) is 0 Å². The number of aliphatic carboxylic acids is 1. The minimum Gasteiger partial charge on any atom is -0.489 e. The Hall–Kier alpha value is -3.30. The number of hydrogen-bond acceptors (Lipinski definition) is 4. The van der Waals surface area contributed by atoms with E-state index in [0.29, 0.717) is 18.9 Å². The molecule has 0 spiro atoms. The van der Waals surface area contributed by atoms with Crippen LogP contribution in [0.2, 0.25) is 0 Å². The number of aromatic nitrogens is 2. The molecule has 1 aromatic heterocycles. The first-order chi connectivity index (χ1) is 13.6. The van der Waals surface area contributed by atoms with E-state index >= 15 is 0 Å². The number of aliphatic hydroxyl groups excluding tert-OH is 1. The minimum absolute atomic E-state index is 0.0228. The molecule has 1 heterocycles. The lowest BCUT2D eigenvalue weighted by molar-refractivity contribution is -0.137. The van der Waals surface area contributed by atoms with E-state index in [-0.39, 0.29) is 18.9 Å². The molecule has 144 valence electrons. The second-order valence-electron chi connectivity index (χ2n) is 6.41. The molecule has 6 heteroatoms. The van der Waals surface area contributed by atoms with Crippen molar-refractivity contribution in [3.05, 3.63) is 59.8 Å². The molecular formula is C22H22N2O4. The molecule has 0 unspecified atom stereocenters. The van der Waals surface area contributed by atoms with Crippen LogP contribution in [0, 0.1) is 11.8 Å². The molecule has 0 saturated heterocycles. The Kier molecular flexibility index (Phi) is 6.30. The van der Waals surface area contributed by atoms with Crippen molar-refractivity contribution >= 4 is 16.9 Å². The summed E-state index contributed by atoms with van der Waals surface area (Å²) in [5, 5.41) is 23.4. The molecule has 0 aliphatic heterocycles. The number of aliphatic hydroxyl groups is 1. The quantitative estimate of drug-likeness (QED) is 0.588. The van der Waals surface area contributed by atoms with Crippen molar-refractivity contribution in [2.75, 3.05) is 6.61 Å². The predicted octanol–water partition coefficient (Wildman–Crippen LogP) is 3.19. The molecule has 0 aliphatic rings. The van der Waals surface area contributed by atoms with Crippen LogP contribution >= 0.6 is 0 Å². The Morgan fingerprint density at radius 2 is 2.04 bits per heavy atom. The summed E-state index contributed by atoms with van der Waals surface area (Å²) in [6, 6.07) is 13.3. The first kappa shape index (κ1) is 19.5. The molecule has 1 atom stereocenters. The molecule has 0 bridgehead atoms. The number of carbonyl (C=O) groups is 1.